The van der Waals surface area contributed by atoms with Crippen molar-refractivity contribution >= 4 is 77.6 Å². The standard InChI is InChI=1S/C36H23N3O2/c1-2-5-26-22(4-1)8-9-23-10-11-24(18-28(23)26)39(25-12-13-33-29(19-25)31-21-38-16-14-34(31)40-33)32-7-3-6-27-30-20-37-17-15-35(30)41-36(27)32/h1-20,38H,21H2. The highest BCUT2D eigenvalue weighted by atomic mass is 16.3. The van der Waals surface area contributed by atoms with E-state index in [4.69, 9.17) is 8.83 Å². The summed E-state index contributed by atoms with van der Waals surface area (Å²) in [5.74, 6) is 0.909. The molecule has 0 unspecified atom stereocenters. The highest BCUT2D eigenvalue weighted by Crippen LogP contribution is 2.44. The van der Waals surface area contributed by atoms with Gasteiger partial charge in [0, 0.05) is 58.2 Å². The highest BCUT2D eigenvalue weighted by molar-refractivity contribution is 6.12. The first kappa shape index (κ1) is 22.3. The Balaban J connectivity index is 1.35. The predicted octanol–water partition coefficient (Wildman–Crippen LogP) is 9.58. The van der Waals surface area contributed by atoms with Crippen LogP contribution in [0.2, 0.25) is 0 Å². The molecule has 0 amide bonds. The summed E-state index contributed by atoms with van der Waals surface area (Å²) < 4.78 is 12.7. The zero-order valence-electron chi connectivity index (χ0n) is 22.0. The number of benzene rings is 5. The van der Waals surface area contributed by atoms with Crippen LogP contribution in [-0.2, 0) is 6.54 Å². The molecular formula is C36H23N3O2. The van der Waals surface area contributed by atoms with Crippen molar-refractivity contribution in [1.82, 2.24) is 10.3 Å². The molecule has 0 saturated heterocycles. The van der Waals surface area contributed by atoms with E-state index < -0.39 is 0 Å². The molecule has 5 aromatic carbocycles. The Hall–Kier alpha value is -5.55. The molecule has 9 rings (SSSR count). The Labute approximate surface area is 234 Å². The Morgan fingerprint density at radius 2 is 1.44 bits per heavy atom. The fraction of sp³-hybridized carbons (Fsp3) is 0.0278. The molecule has 0 bridgehead atoms. The summed E-state index contributed by atoms with van der Waals surface area (Å²) in [6.45, 7) is 0.733. The van der Waals surface area contributed by atoms with Gasteiger partial charge in [0.05, 0.1) is 5.69 Å². The largest absolute Gasteiger partial charge is 0.456 e. The molecule has 0 saturated carbocycles. The van der Waals surface area contributed by atoms with Crippen LogP contribution in [-0.4, -0.2) is 4.98 Å². The van der Waals surface area contributed by atoms with Crippen LogP contribution in [0.5, 0.6) is 0 Å². The van der Waals surface area contributed by atoms with Gasteiger partial charge < -0.3 is 19.1 Å². The first-order valence-electron chi connectivity index (χ1n) is 13.7. The van der Waals surface area contributed by atoms with Gasteiger partial charge in [0.1, 0.15) is 16.9 Å². The van der Waals surface area contributed by atoms with Gasteiger partial charge in [0.25, 0.3) is 0 Å². The third kappa shape index (κ3) is 3.33. The number of nitrogens with zero attached hydrogens (tertiary/aromatic N) is 2. The summed E-state index contributed by atoms with van der Waals surface area (Å²) in [7, 11) is 0. The summed E-state index contributed by atoms with van der Waals surface area (Å²) in [6, 6.07) is 34.3. The van der Waals surface area contributed by atoms with Crippen molar-refractivity contribution in [3.8, 4) is 0 Å². The lowest BCUT2D eigenvalue weighted by Gasteiger charge is -2.26. The maximum atomic E-state index is 6.51. The SMILES string of the molecule is C1=Cc2oc3ccc(N(c4ccc5ccc6ccccc6c5c4)c4cccc5c4oc4ccncc45)cc3c2CN1. The predicted molar refractivity (Wildman–Crippen MR) is 167 cm³/mol. The molecule has 4 heterocycles. The van der Waals surface area contributed by atoms with Gasteiger partial charge in [-0.05, 0) is 70.1 Å². The molecule has 0 aliphatic carbocycles. The molecule has 3 aromatic heterocycles. The third-order valence-electron chi connectivity index (χ3n) is 8.20. The van der Waals surface area contributed by atoms with E-state index in [2.05, 4.69) is 106 Å². The number of para-hydroxylation sites is 1. The summed E-state index contributed by atoms with van der Waals surface area (Å²) in [4.78, 5) is 6.66. The maximum absolute atomic E-state index is 6.51. The molecule has 0 atom stereocenters. The molecule has 0 spiro atoms. The van der Waals surface area contributed by atoms with Gasteiger partial charge in [0.15, 0.2) is 5.58 Å². The van der Waals surface area contributed by atoms with Crippen LogP contribution >= 0.6 is 0 Å². The summed E-state index contributed by atoms with van der Waals surface area (Å²) in [5.41, 5.74) is 6.74. The van der Waals surface area contributed by atoms with Crippen LogP contribution in [0.25, 0.3) is 60.5 Å². The lowest BCUT2D eigenvalue weighted by molar-refractivity contribution is 0.592. The van der Waals surface area contributed by atoms with Crippen LogP contribution in [0, 0.1) is 0 Å². The molecule has 1 N–H and O–H groups in total. The van der Waals surface area contributed by atoms with E-state index in [9.17, 15) is 0 Å². The van der Waals surface area contributed by atoms with Gasteiger partial charge in [-0.25, -0.2) is 0 Å². The topological polar surface area (TPSA) is 54.4 Å². The maximum Gasteiger partial charge on any atom is 0.159 e. The molecule has 0 radical (unpaired) electrons. The third-order valence-corrected chi connectivity index (χ3v) is 8.20. The Morgan fingerprint density at radius 1 is 0.659 bits per heavy atom. The number of aromatic nitrogens is 1. The second-order valence-electron chi connectivity index (χ2n) is 10.5. The number of hydrogen-bond acceptors (Lipinski definition) is 5. The smallest absolute Gasteiger partial charge is 0.159 e. The minimum atomic E-state index is 0.733. The Morgan fingerprint density at radius 3 is 2.39 bits per heavy atom. The number of pyridine rings is 1. The van der Waals surface area contributed by atoms with Gasteiger partial charge in [0.2, 0.25) is 0 Å². The number of rotatable bonds is 3. The van der Waals surface area contributed by atoms with E-state index in [0.717, 1.165) is 62.3 Å². The number of furan rings is 2. The fourth-order valence-corrected chi connectivity index (χ4v) is 6.27. The average Bonchev–Trinajstić information content (AvgIpc) is 3.60. The first-order valence-corrected chi connectivity index (χ1v) is 13.7. The van der Waals surface area contributed by atoms with Crippen molar-refractivity contribution in [2.75, 3.05) is 4.90 Å². The van der Waals surface area contributed by atoms with E-state index in [-0.39, 0.29) is 0 Å². The zero-order valence-corrected chi connectivity index (χ0v) is 22.0. The van der Waals surface area contributed by atoms with Gasteiger partial charge in [-0.3, -0.25) is 4.98 Å². The fourth-order valence-electron chi connectivity index (χ4n) is 6.27. The molecule has 5 heteroatoms. The molecule has 0 fully saturated rings. The van der Waals surface area contributed by atoms with Gasteiger partial charge >= 0.3 is 0 Å². The minimum absolute atomic E-state index is 0.733. The number of fused-ring (bicyclic) bond motifs is 9. The molecule has 5 nitrogen and oxygen atoms in total. The monoisotopic (exact) mass is 529 g/mol. The summed E-state index contributed by atoms with van der Waals surface area (Å²) >= 11 is 0. The van der Waals surface area contributed by atoms with Gasteiger partial charge in [-0.1, -0.05) is 54.6 Å². The van der Waals surface area contributed by atoms with E-state index in [0.29, 0.717) is 0 Å². The molecule has 1 aliphatic heterocycles. The number of nitrogens with one attached hydrogen (secondary N) is 1. The van der Waals surface area contributed by atoms with Gasteiger partial charge in [-0.15, -0.1) is 0 Å². The summed E-state index contributed by atoms with van der Waals surface area (Å²) in [6.07, 6.45) is 7.58. The van der Waals surface area contributed by atoms with Crippen molar-refractivity contribution in [2.45, 2.75) is 6.54 Å². The number of anilines is 3. The quantitative estimate of drug-likeness (QED) is 0.231. The van der Waals surface area contributed by atoms with Crippen LogP contribution in [0.1, 0.15) is 11.3 Å². The highest BCUT2D eigenvalue weighted by Gasteiger charge is 2.22. The van der Waals surface area contributed by atoms with Crippen LogP contribution in [0.3, 0.4) is 0 Å². The van der Waals surface area contributed by atoms with Crippen LogP contribution in [0.4, 0.5) is 17.1 Å². The van der Waals surface area contributed by atoms with E-state index in [1.54, 1.807) is 6.20 Å². The molecule has 41 heavy (non-hydrogen) atoms. The zero-order chi connectivity index (χ0) is 26.9. The Kier molecular flexibility index (Phi) is 4.61. The molecule has 1 aliphatic rings. The molecule has 8 aromatic rings. The van der Waals surface area contributed by atoms with Crippen LogP contribution in [0.15, 0.2) is 124 Å². The second-order valence-corrected chi connectivity index (χ2v) is 10.5. The average molecular weight is 530 g/mol. The Bertz CT molecular complexity index is 2340. The molecular weight excluding hydrogens is 506 g/mol. The lowest BCUT2D eigenvalue weighted by atomic mass is 10.0. The lowest BCUT2D eigenvalue weighted by Crippen LogP contribution is -2.11. The second kappa shape index (κ2) is 8.47. The minimum Gasteiger partial charge on any atom is -0.456 e. The normalized spacial score (nSPS) is 12.9. The van der Waals surface area contributed by atoms with E-state index >= 15 is 0 Å². The van der Waals surface area contributed by atoms with Gasteiger partial charge in [-0.2, -0.15) is 0 Å². The van der Waals surface area contributed by atoms with Crippen molar-refractivity contribution in [2.24, 2.45) is 0 Å². The summed E-state index contributed by atoms with van der Waals surface area (Å²) in [5, 5.41) is 11.4. The van der Waals surface area contributed by atoms with Crippen molar-refractivity contribution in [3.63, 3.8) is 0 Å². The van der Waals surface area contributed by atoms with E-state index in [1.165, 1.54) is 27.1 Å². The van der Waals surface area contributed by atoms with Crippen molar-refractivity contribution < 1.29 is 8.83 Å². The van der Waals surface area contributed by atoms with Crippen molar-refractivity contribution in [3.05, 3.63) is 127 Å². The number of hydrogen-bond donors (Lipinski definition) is 1. The van der Waals surface area contributed by atoms with Crippen molar-refractivity contribution in [1.29, 1.82) is 0 Å². The molecule has 194 valence electrons. The van der Waals surface area contributed by atoms with Crippen LogP contribution < -0.4 is 10.2 Å². The van der Waals surface area contributed by atoms with E-state index in [1.807, 2.05) is 24.5 Å². The first-order chi connectivity index (χ1) is 20.3.